The molecule has 5 aliphatic rings. The summed E-state index contributed by atoms with van der Waals surface area (Å²) in [7, 11) is -0.558. The highest BCUT2D eigenvalue weighted by Crippen LogP contribution is 2.65. The summed E-state index contributed by atoms with van der Waals surface area (Å²) in [6.45, 7) is 11.2. The first-order valence-corrected chi connectivity index (χ1v) is 16.5. The van der Waals surface area contributed by atoms with Crippen molar-refractivity contribution < 1.29 is 23.7 Å². The van der Waals surface area contributed by atoms with Gasteiger partial charge < -0.3 is 24.8 Å². The molecule has 10 heteroatoms. The lowest BCUT2D eigenvalue weighted by molar-refractivity contribution is -0.199. The topological polar surface area (TPSA) is 111 Å². The maximum atomic E-state index is 14.3. The van der Waals surface area contributed by atoms with E-state index in [4.69, 9.17) is 14.1 Å². The van der Waals surface area contributed by atoms with Crippen molar-refractivity contribution in [3.05, 3.63) is 78.1 Å². The van der Waals surface area contributed by atoms with Gasteiger partial charge in [0, 0.05) is 24.4 Å². The maximum absolute atomic E-state index is 14.3. The van der Waals surface area contributed by atoms with Gasteiger partial charge in [-0.1, -0.05) is 87.4 Å². The van der Waals surface area contributed by atoms with E-state index >= 15 is 0 Å². The molecule has 3 aliphatic carbocycles. The molecule has 1 unspecified atom stereocenters. The van der Waals surface area contributed by atoms with Crippen LogP contribution in [0.25, 0.3) is 10.8 Å². The van der Waals surface area contributed by atoms with Crippen LogP contribution in [0, 0.1) is 23.2 Å². The Morgan fingerprint density at radius 2 is 1.78 bits per heavy atom. The van der Waals surface area contributed by atoms with Gasteiger partial charge in [0.05, 0.1) is 29.9 Å². The summed E-state index contributed by atoms with van der Waals surface area (Å²) < 4.78 is 13.4. The fraction of sp³-hybridized carbons (Fsp3) is 0.500. The molecule has 46 heavy (non-hydrogen) atoms. The number of aromatic nitrogens is 1. The first-order chi connectivity index (χ1) is 22.0. The van der Waals surface area contributed by atoms with Gasteiger partial charge in [-0.2, -0.15) is 0 Å². The van der Waals surface area contributed by atoms with Crippen molar-refractivity contribution in [1.82, 2.24) is 15.6 Å². The zero-order valence-electron chi connectivity index (χ0n) is 27.3. The maximum Gasteiger partial charge on any atom is 0.481 e. The first-order valence-electron chi connectivity index (χ1n) is 16.5. The van der Waals surface area contributed by atoms with Gasteiger partial charge in [-0.3, -0.25) is 14.6 Å². The third-order valence-corrected chi connectivity index (χ3v) is 11.2. The second-order valence-electron chi connectivity index (χ2n) is 14.7. The lowest BCUT2D eigenvalue weighted by Crippen LogP contribution is -2.65. The number of oxime groups is 1. The van der Waals surface area contributed by atoms with Crippen LogP contribution in [0.1, 0.15) is 69.9 Å². The minimum absolute atomic E-state index is 0.0169. The molecule has 3 heterocycles. The number of hydrogen-bond acceptors (Lipinski definition) is 7. The van der Waals surface area contributed by atoms with E-state index in [0.29, 0.717) is 29.7 Å². The summed E-state index contributed by atoms with van der Waals surface area (Å²) in [5.74, 6) is 0.147. The number of carbonyl (C=O) groups is 2. The Bertz CT molecular complexity index is 1680. The molecule has 2 bridgehead atoms. The van der Waals surface area contributed by atoms with E-state index in [2.05, 4.69) is 55.4 Å². The van der Waals surface area contributed by atoms with Gasteiger partial charge in [0.15, 0.2) is 0 Å². The SMILES string of the molecule is CC(C)[C@H](NC(=O)C1(Cc2ccccc2)CC(CNC(=O)c2nccc3ccccc23)=NO1)B1O[C@@H]2C[C@@H]3C[C@@H](C3(C)C)[C@]2(C)O1. The average Bonchev–Trinajstić information content (AvgIpc) is 3.63. The molecule has 0 radical (unpaired) electrons. The largest absolute Gasteiger partial charge is 0.481 e. The number of carbonyl (C=O) groups excluding carboxylic acids is 2. The van der Waals surface area contributed by atoms with Crippen molar-refractivity contribution in [3.63, 3.8) is 0 Å². The quantitative estimate of drug-likeness (QED) is 0.320. The molecule has 2 N–H and O–H groups in total. The second kappa shape index (κ2) is 11.5. The van der Waals surface area contributed by atoms with Crippen LogP contribution in [-0.2, 0) is 25.4 Å². The van der Waals surface area contributed by atoms with Crippen molar-refractivity contribution >= 4 is 35.4 Å². The molecule has 6 atom stereocenters. The number of benzene rings is 2. The van der Waals surface area contributed by atoms with Crippen molar-refractivity contribution in [1.29, 1.82) is 0 Å². The first kappa shape index (κ1) is 30.9. The Balaban J connectivity index is 1.07. The van der Waals surface area contributed by atoms with E-state index in [1.807, 2.05) is 60.7 Å². The van der Waals surface area contributed by atoms with Gasteiger partial charge in [0.1, 0.15) is 5.69 Å². The van der Waals surface area contributed by atoms with Crippen LogP contribution in [0.3, 0.4) is 0 Å². The van der Waals surface area contributed by atoms with E-state index in [1.165, 1.54) is 0 Å². The average molecular weight is 623 g/mol. The normalized spacial score (nSPS) is 29.8. The number of fused-ring (bicyclic) bond motifs is 1. The lowest BCUT2D eigenvalue weighted by atomic mass is 9.43. The summed E-state index contributed by atoms with van der Waals surface area (Å²) in [4.78, 5) is 37.9. The van der Waals surface area contributed by atoms with Crippen molar-refractivity contribution in [2.45, 2.75) is 83.5 Å². The van der Waals surface area contributed by atoms with Gasteiger partial charge >= 0.3 is 7.12 Å². The minimum Gasteiger partial charge on any atom is -0.404 e. The Kier molecular flexibility index (Phi) is 7.71. The number of nitrogens with zero attached hydrogens (tertiary/aromatic N) is 2. The summed E-state index contributed by atoms with van der Waals surface area (Å²) in [5, 5.41) is 12.3. The molecule has 3 saturated carbocycles. The second-order valence-corrected chi connectivity index (χ2v) is 14.7. The highest BCUT2D eigenvalue weighted by Gasteiger charge is 2.68. The van der Waals surface area contributed by atoms with Crippen LogP contribution < -0.4 is 10.6 Å². The predicted octanol–water partition coefficient (Wildman–Crippen LogP) is 5.13. The third-order valence-electron chi connectivity index (χ3n) is 11.2. The van der Waals surface area contributed by atoms with Crippen molar-refractivity contribution in [3.8, 4) is 0 Å². The Hall–Kier alpha value is -3.76. The van der Waals surface area contributed by atoms with Crippen molar-refractivity contribution in [2.75, 3.05) is 6.54 Å². The zero-order valence-corrected chi connectivity index (χ0v) is 27.3. The number of pyridine rings is 1. The molecule has 2 amide bonds. The molecule has 2 aliphatic heterocycles. The lowest BCUT2D eigenvalue weighted by Gasteiger charge is -2.64. The smallest absolute Gasteiger partial charge is 0.404 e. The van der Waals surface area contributed by atoms with E-state index in [1.54, 1.807) is 6.20 Å². The van der Waals surface area contributed by atoms with Crippen molar-refractivity contribution in [2.24, 2.45) is 28.3 Å². The summed E-state index contributed by atoms with van der Waals surface area (Å²) in [5.41, 5.74) is 0.440. The summed E-state index contributed by atoms with van der Waals surface area (Å²) in [6, 6.07) is 19.3. The molecule has 3 aromatic rings. The number of rotatable bonds is 9. The standard InChI is InChI=1S/C36H43BN4O5/c1-22(2)31(37-44-29-18-25-17-28(34(25,3)4)35(29,5)45-37)40-33(43)36(19-23-11-7-6-8-12-23)20-26(41-46-36)21-39-32(42)30-27-14-10-9-13-24(27)15-16-38-30/h6-16,22,25,28-29,31H,17-21H2,1-5H3,(H,39,42)(H,40,43)/t25-,28-,29+,31-,35-,36?/m0/s1. The molecule has 0 spiro atoms. The number of nitrogens with one attached hydrogen (secondary N) is 2. The third kappa shape index (κ3) is 5.19. The van der Waals surface area contributed by atoms with Gasteiger partial charge in [0.25, 0.3) is 11.8 Å². The molecule has 2 aromatic carbocycles. The number of hydrogen-bond donors (Lipinski definition) is 2. The predicted molar refractivity (Wildman–Crippen MR) is 177 cm³/mol. The van der Waals surface area contributed by atoms with E-state index in [-0.39, 0.29) is 53.8 Å². The van der Waals surface area contributed by atoms with Crippen LogP contribution in [0.4, 0.5) is 0 Å². The van der Waals surface area contributed by atoms with E-state index < -0.39 is 12.7 Å². The fourth-order valence-corrected chi connectivity index (χ4v) is 8.31. The minimum atomic E-state index is -1.29. The van der Waals surface area contributed by atoms with Crippen LogP contribution >= 0.6 is 0 Å². The van der Waals surface area contributed by atoms with Crippen LogP contribution in [0.2, 0.25) is 0 Å². The molecule has 1 saturated heterocycles. The number of amides is 2. The van der Waals surface area contributed by atoms with Gasteiger partial charge in [-0.25, -0.2) is 0 Å². The Morgan fingerprint density at radius 3 is 2.54 bits per heavy atom. The highest BCUT2D eigenvalue weighted by molar-refractivity contribution is 6.48. The Morgan fingerprint density at radius 1 is 1.02 bits per heavy atom. The molecule has 4 fully saturated rings. The molecular weight excluding hydrogens is 579 g/mol. The van der Waals surface area contributed by atoms with Gasteiger partial charge in [-0.05, 0) is 60.0 Å². The molecular formula is C36H43BN4O5. The van der Waals surface area contributed by atoms with E-state index in [0.717, 1.165) is 29.2 Å². The van der Waals surface area contributed by atoms with E-state index in [9.17, 15) is 9.59 Å². The Labute approximate surface area is 271 Å². The fourth-order valence-electron chi connectivity index (χ4n) is 8.31. The van der Waals surface area contributed by atoms with Gasteiger partial charge in [0.2, 0.25) is 5.60 Å². The summed E-state index contributed by atoms with van der Waals surface area (Å²) >= 11 is 0. The molecule has 9 nitrogen and oxygen atoms in total. The monoisotopic (exact) mass is 622 g/mol. The molecule has 8 rings (SSSR count). The zero-order chi connectivity index (χ0) is 32.3. The highest BCUT2D eigenvalue weighted by atomic mass is 16.7. The summed E-state index contributed by atoms with van der Waals surface area (Å²) in [6.07, 6.45) is 4.34. The van der Waals surface area contributed by atoms with Crippen LogP contribution in [0.15, 0.2) is 72.0 Å². The van der Waals surface area contributed by atoms with Gasteiger partial charge in [-0.15, -0.1) is 0 Å². The van der Waals surface area contributed by atoms with Crippen LogP contribution in [-0.4, -0.2) is 59.4 Å². The molecule has 240 valence electrons. The van der Waals surface area contributed by atoms with Crippen LogP contribution in [0.5, 0.6) is 0 Å². The molecule has 1 aromatic heterocycles.